The maximum Gasteiger partial charge on any atom is 0.173 e. The van der Waals surface area contributed by atoms with Crippen LogP contribution in [-0.4, -0.2) is 15.8 Å². The zero-order chi connectivity index (χ0) is 10.7. The molecule has 0 N–H and O–H groups in total. The third-order valence-corrected chi connectivity index (χ3v) is 3.00. The Morgan fingerprint density at radius 3 is 2.67 bits per heavy atom. The maximum absolute atomic E-state index is 10.5. The number of aromatic nitrogens is 2. The lowest BCUT2D eigenvalue weighted by Gasteiger charge is -1.99. The van der Waals surface area contributed by atoms with Crippen LogP contribution in [0.5, 0.6) is 0 Å². The van der Waals surface area contributed by atoms with Crippen molar-refractivity contribution < 1.29 is 4.79 Å². The normalized spacial score (nSPS) is 10.2. The van der Waals surface area contributed by atoms with E-state index in [2.05, 4.69) is 4.98 Å². The highest BCUT2D eigenvalue weighted by Crippen LogP contribution is 2.25. The predicted octanol–water partition coefficient (Wildman–Crippen LogP) is 2.38. The average Bonchev–Trinajstić information content (AvgIpc) is 2.61. The molecule has 0 saturated heterocycles. The van der Waals surface area contributed by atoms with Crippen LogP contribution in [0.4, 0.5) is 0 Å². The van der Waals surface area contributed by atoms with Crippen LogP contribution in [0.15, 0.2) is 46.6 Å². The molecule has 3 nitrogen and oxygen atoms in total. The third-order valence-electron chi connectivity index (χ3n) is 1.93. The summed E-state index contributed by atoms with van der Waals surface area (Å²) in [6, 6.07) is 9.96. The van der Waals surface area contributed by atoms with Crippen LogP contribution in [0.25, 0.3) is 0 Å². The van der Waals surface area contributed by atoms with Gasteiger partial charge in [-0.15, -0.1) is 0 Å². The van der Waals surface area contributed by atoms with E-state index in [1.165, 1.54) is 0 Å². The van der Waals surface area contributed by atoms with Gasteiger partial charge in [0.15, 0.2) is 11.4 Å². The standard InChI is InChI=1S/C11H10N2OS/c1-13-7-9(8-14)12-11(13)15-10-5-3-2-4-6-10/h2-8H,1H3. The van der Waals surface area contributed by atoms with Gasteiger partial charge in [-0.2, -0.15) is 0 Å². The largest absolute Gasteiger partial charge is 0.328 e. The highest BCUT2D eigenvalue weighted by molar-refractivity contribution is 7.99. The molecule has 0 atom stereocenters. The molecule has 0 aliphatic carbocycles. The molecular weight excluding hydrogens is 208 g/mol. The van der Waals surface area contributed by atoms with Gasteiger partial charge in [0.2, 0.25) is 0 Å². The van der Waals surface area contributed by atoms with Crippen LogP contribution in [0, 0.1) is 0 Å². The van der Waals surface area contributed by atoms with Gasteiger partial charge in [0.25, 0.3) is 0 Å². The molecule has 0 radical (unpaired) electrons. The van der Waals surface area contributed by atoms with Gasteiger partial charge >= 0.3 is 0 Å². The summed E-state index contributed by atoms with van der Waals surface area (Å²) in [4.78, 5) is 15.8. The molecule has 0 unspecified atom stereocenters. The molecule has 76 valence electrons. The van der Waals surface area contributed by atoms with Crippen LogP contribution >= 0.6 is 11.8 Å². The van der Waals surface area contributed by atoms with E-state index in [1.807, 2.05) is 41.9 Å². The number of benzene rings is 1. The zero-order valence-corrected chi connectivity index (χ0v) is 9.07. The molecule has 0 saturated carbocycles. The Hall–Kier alpha value is -1.55. The summed E-state index contributed by atoms with van der Waals surface area (Å²) in [7, 11) is 1.88. The highest BCUT2D eigenvalue weighted by atomic mass is 32.2. The van der Waals surface area contributed by atoms with Crippen molar-refractivity contribution in [2.24, 2.45) is 7.05 Å². The summed E-state index contributed by atoms with van der Waals surface area (Å²) in [6.07, 6.45) is 2.48. The second kappa shape index (κ2) is 4.31. The number of hydrogen-bond acceptors (Lipinski definition) is 3. The van der Waals surface area contributed by atoms with Gasteiger partial charge in [-0.05, 0) is 12.1 Å². The van der Waals surface area contributed by atoms with Crippen LogP contribution < -0.4 is 0 Å². The van der Waals surface area contributed by atoms with Crippen LogP contribution in [0.1, 0.15) is 10.5 Å². The van der Waals surface area contributed by atoms with Crippen LogP contribution in [-0.2, 0) is 7.05 Å². The van der Waals surface area contributed by atoms with E-state index in [0.717, 1.165) is 16.3 Å². The van der Waals surface area contributed by atoms with Gasteiger partial charge in [-0.3, -0.25) is 4.79 Å². The molecule has 2 rings (SSSR count). The Morgan fingerprint density at radius 1 is 1.33 bits per heavy atom. The van der Waals surface area contributed by atoms with E-state index in [1.54, 1.807) is 18.0 Å². The first-order valence-electron chi connectivity index (χ1n) is 4.51. The molecule has 1 heterocycles. The summed E-state index contributed by atoms with van der Waals surface area (Å²) in [5, 5.41) is 0.823. The Labute approximate surface area is 92.1 Å². The minimum Gasteiger partial charge on any atom is -0.328 e. The fourth-order valence-corrected chi connectivity index (χ4v) is 2.07. The Morgan fingerprint density at radius 2 is 2.07 bits per heavy atom. The number of aryl methyl sites for hydroxylation is 1. The number of carbonyl (C=O) groups excluding carboxylic acids is 1. The second-order valence-corrected chi connectivity index (χ2v) is 4.13. The fourth-order valence-electron chi connectivity index (χ4n) is 1.22. The van der Waals surface area contributed by atoms with Crippen molar-refractivity contribution in [3.05, 3.63) is 42.2 Å². The first kappa shape index (κ1) is 9.98. The summed E-state index contributed by atoms with van der Waals surface area (Å²) in [5.74, 6) is 0. The van der Waals surface area contributed by atoms with E-state index in [-0.39, 0.29) is 0 Å². The molecule has 0 spiro atoms. The highest BCUT2D eigenvalue weighted by Gasteiger charge is 2.05. The first-order valence-corrected chi connectivity index (χ1v) is 5.32. The molecule has 0 bridgehead atoms. The van der Waals surface area contributed by atoms with E-state index >= 15 is 0 Å². The molecular formula is C11H10N2OS. The summed E-state index contributed by atoms with van der Waals surface area (Å²) >= 11 is 1.54. The topological polar surface area (TPSA) is 34.9 Å². The Kier molecular flexibility index (Phi) is 2.87. The average molecular weight is 218 g/mol. The fraction of sp³-hybridized carbons (Fsp3) is 0.0909. The smallest absolute Gasteiger partial charge is 0.173 e. The number of aldehydes is 1. The number of hydrogen-bond donors (Lipinski definition) is 0. The number of carbonyl (C=O) groups is 1. The zero-order valence-electron chi connectivity index (χ0n) is 8.25. The van der Waals surface area contributed by atoms with E-state index in [4.69, 9.17) is 0 Å². The summed E-state index contributed by atoms with van der Waals surface area (Å²) < 4.78 is 1.85. The summed E-state index contributed by atoms with van der Waals surface area (Å²) in [5.41, 5.74) is 0.468. The number of imidazole rings is 1. The molecule has 1 aromatic heterocycles. The first-order chi connectivity index (χ1) is 7.29. The monoisotopic (exact) mass is 218 g/mol. The second-order valence-electron chi connectivity index (χ2n) is 3.09. The molecule has 0 amide bonds. The van der Waals surface area contributed by atoms with Crippen LogP contribution in [0.3, 0.4) is 0 Å². The van der Waals surface area contributed by atoms with Gasteiger partial charge in [0.05, 0.1) is 0 Å². The van der Waals surface area contributed by atoms with Gasteiger partial charge in [0, 0.05) is 18.1 Å². The lowest BCUT2D eigenvalue weighted by atomic mass is 10.4. The molecule has 2 aromatic rings. The minimum absolute atomic E-state index is 0.468. The van der Waals surface area contributed by atoms with Crippen molar-refractivity contribution in [2.45, 2.75) is 10.1 Å². The van der Waals surface area contributed by atoms with Crippen molar-refractivity contribution in [2.75, 3.05) is 0 Å². The lowest BCUT2D eigenvalue weighted by molar-refractivity contribution is 0.111. The number of rotatable bonds is 3. The van der Waals surface area contributed by atoms with E-state index in [0.29, 0.717) is 5.69 Å². The van der Waals surface area contributed by atoms with Crippen molar-refractivity contribution in [1.29, 1.82) is 0 Å². The Balaban J connectivity index is 2.24. The third kappa shape index (κ3) is 2.27. The predicted molar refractivity (Wildman–Crippen MR) is 59.2 cm³/mol. The maximum atomic E-state index is 10.5. The van der Waals surface area contributed by atoms with Gasteiger partial charge in [-0.25, -0.2) is 4.98 Å². The van der Waals surface area contributed by atoms with Gasteiger partial charge in [-0.1, -0.05) is 30.0 Å². The summed E-state index contributed by atoms with van der Waals surface area (Å²) in [6.45, 7) is 0. The van der Waals surface area contributed by atoms with Crippen molar-refractivity contribution >= 4 is 18.0 Å². The van der Waals surface area contributed by atoms with Gasteiger partial charge < -0.3 is 4.57 Å². The lowest BCUT2D eigenvalue weighted by Crippen LogP contribution is -1.87. The van der Waals surface area contributed by atoms with E-state index in [9.17, 15) is 4.79 Å². The van der Waals surface area contributed by atoms with Crippen molar-refractivity contribution in [3.8, 4) is 0 Å². The number of nitrogens with zero attached hydrogens (tertiary/aromatic N) is 2. The molecule has 0 aliphatic rings. The van der Waals surface area contributed by atoms with Crippen molar-refractivity contribution in [3.63, 3.8) is 0 Å². The van der Waals surface area contributed by atoms with Crippen LogP contribution in [0.2, 0.25) is 0 Å². The molecule has 15 heavy (non-hydrogen) atoms. The van der Waals surface area contributed by atoms with Crippen molar-refractivity contribution in [1.82, 2.24) is 9.55 Å². The molecule has 4 heteroatoms. The Bertz CT molecular complexity index is 465. The SMILES string of the molecule is Cn1cc(C=O)nc1Sc1ccccc1. The van der Waals surface area contributed by atoms with E-state index < -0.39 is 0 Å². The quantitative estimate of drug-likeness (QED) is 0.742. The molecule has 0 fully saturated rings. The molecule has 1 aromatic carbocycles. The minimum atomic E-state index is 0.468. The van der Waals surface area contributed by atoms with Gasteiger partial charge in [0.1, 0.15) is 5.69 Å². The molecule has 0 aliphatic heterocycles.